The fourth-order valence-electron chi connectivity index (χ4n) is 3.28. The maximum atomic E-state index is 10.2. The normalized spacial score (nSPS) is 47.4. The summed E-state index contributed by atoms with van der Waals surface area (Å²) in [5, 5.41) is 10.2. The van der Waals surface area contributed by atoms with Crippen LogP contribution in [0, 0.1) is 17.3 Å². The minimum absolute atomic E-state index is 0.271. The number of fused-ring (bicyclic) bond motifs is 1. The number of rotatable bonds is 3. The molecule has 0 aliphatic heterocycles. The van der Waals surface area contributed by atoms with Gasteiger partial charge >= 0.3 is 0 Å². The van der Waals surface area contributed by atoms with Crippen molar-refractivity contribution in [1.29, 1.82) is 0 Å². The maximum absolute atomic E-state index is 10.2. The lowest BCUT2D eigenvalue weighted by atomic mass is 9.83. The van der Waals surface area contributed by atoms with Gasteiger partial charge in [-0.1, -0.05) is 20.8 Å². The van der Waals surface area contributed by atoms with Gasteiger partial charge in [0, 0.05) is 6.61 Å². The highest BCUT2D eigenvalue weighted by Gasteiger charge is 2.64. The fourth-order valence-corrected chi connectivity index (χ4v) is 3.28. The average Bonchev–Trinajstić information content (AvgIpc) is 2.66. The van der Waals surface area contributed by atoms with Crippen molar-refractivity contribution < 1.29 is 9.84 Å². The van der Waals surface area contributed by atoms with Gasteiger partial charge in [-0.15, -0.1) is 0 Å². The van der Waals surface area contributed by atoms with Gasteiger partial charge in [0.2, 0.25) is 0 Å². The number of ether oxygens (including phenoxy) is 1. The lowest BCUT2D eigenvalue weighted by Crippen LogP contribution is -2.45. The van der Waals surface area contributed by atoms with Crippen molar-refractivity contribution in [2.75, 3.05) is 6.61 Å². The Hall–Kier alpha value is -0.0800. The Kier molecular flexibility index (Phi) is 2.63. The van der Waals surface area contributed by atoms with E-state index in [2.05, 4.69) is 27.7 Å². The van der Waals surface area contributed by atoms with E-state index >= 15 is 0 Å². The number of aliphatic hydroxyl groups is 1. The summed E-state index contributed by atoms with van der Waals surface area (Å²) in [5.74, 6) is 1.49. The molecular weight excluding hydrogens is 188 g/mol. The molecule has 88 valence electrons. The zero-order valence-corrected chi connectivity index (χ0v) is 10.4. The first kappa shape index (κ1) is 11.4. The molecule has 2 heteroatoms. The second kappa shape index (κ2) is 3.46. The molecule has 4 atom stereocenters. The Morgan fingerprint density at radius 2 is 1.93 bits per heavy atom. The van der Waals surface area contributed by atoms with Crippen molar-refractivity contribution in [1.82, 2.24) is 0 Å². The quantitative estimate of drug-likeness (QED) is 0.779. The van der Waals surface area contributed by atoms with Gasteiger partial charge in [-0.25, -0.2) is 0 Å². The smallest absolute Gasteiger partial charge is 0.0915 e. The maximum Gasteiger partial charge on any atom is 0.0915 e. The van der Waals surface area contributed by atoms with E-state index in [1.807, 2.05) is 0 Å². The molecule has 1 N–H and O–H groups in total. The second-order valence-electron chi connectivity index (χ2n) is 6.15. The molecule has 15 heavy (non-hydrogen) atoms. The average molecular weight is 212 g/mol. The molecule has 2 nitrogen and oxygen atoms in total. The molecule has 0 unspecified atom stereocenters. The molecule has 0 aromatic heterocycles. The van der Waals surface area contributed by atoms with Gasteiger partial charge in [-0.05, 0) is 43.4 Å². The molecule has 0 aromatic rings. The van der Waals surface area contributed by atoms with E-state index < -0.39 is 0 Å². The third-order valence-electron chi connectivity index (χ3n) is 4.73. The Labute approximate surface area is 93.0 Å². The lowest BCUT2D eigenvalue weighted by molar-refractivity contribution is -0.134. The summed E-state index contributed by atoms with van der Waals surface area (Å²) in [6.45, 7) is 9.60. The van der Waals surface area contributed by atoms with Gasteiger partial charge in [-0.3, -0.25) is 0 Å². The zero-order chi connectivity index (χ0) is 11.3. The summed E-state index contributed by atoms with van der Waals surface area (Å²) in [4.78, 5) is 0. The van der Waals surface area contributed by atoms with E-state index in [-0.39, 0.29) is 11.7 Å². The van der Waals surface area contributed by atoms with Crippen LogP contribution >= 0.6 is 0 Å². The third-order valence-corrected chi connectivity index (χ3v) is 4.73. The molecule has 2 aliphatic rings. The van der Waals surface area contributed by atoms with Crippen LogP contribution < -0.4 is 0 Å². The largest absolute Gasteiger partial charge is 0.390 e. The molecule has 2 aliphatic carbocycles. The fraction of sp³-hybridized carbons (Fsp3) is 1.00. The van der Waals surface area contributed by atoms with E-state index in [4.69, 9.17) is 4.74 Å². The summed E-state index contributed by atoms with van der Waals surface area (Å²) >= 11 is 0. The van der Waals surface area contributed by atoms with Crippen LogP contribution in [-0.2, 0) is 4.74 Å². The van der Waals surface area contributed by atoms with E-state index in [0.29, 0.717) is 5.41 Å². The Balaban J connectivity index is 2.02. The van der Waals surface area contributed by atoms with Gasteiger partial charge in [0.05, 0.1) is 11.7 Å². The standard InChI is InChI=1S/C13H24O2/c1-5-6-15-13(4)8-10-9(7-11(13)14)12(10,2)3/h9-11,14H,5-8H2,1-4H3/t9-,10+,11-,13-/m1/s1. The molecule has 2 fully saturated rings. The number of hydrogen-bond acceptors (Lipinski definition) is 2. The van der Waals surface area contributed by atoms with Crippen LogP contribution in [0.4, 0.5) is 0 Å². The molecule has 0 spiro atoms. The van der Waals surface area contributed by atoms with Crippen LogP contribution in [0.5, 0.6) is 0 Å². The predicted octanol–water partition coefficient (Wildman–Crippen LogP) is 2.60. The monoisotopic (exact) mass is 212 g/mol. The number of hydrogen-bond donors (Lipinski definition) is 1. The molecule has 0 amide bonds. The Morgan fingerprint density at radius 3 is 2.53 bits per heavy atom. The molecule has 0 saturated heterocycles. The van der Waals surface area contributed by atoms with Crippen molar-refractivity contribution in [2.45, 2.75) is 58.7 Å². The SMILES string of the molecule is CCCO[C@]1(C)C[C@H]2[C@@H](C[C@H]1O)C2(C)C. The second-order valence-corrected chi connectivity index (χ2v) is 6.15. The zero-order valence-electron chi connectivity index (χ0n) is 10.4. The van der Waals surface area contributed by atoms with Crippen molar-refractivity contribution >= 4 is 0 Å². The highest BCUT2D eigenvalue weighted by Crippen LogP contribution is 2.66. The molecular formula is C13H24O2. The summed E-state index contributed by atoms with van der Waals surface area (Å²) < 4.78 is 5.87. The van der Waals surface area contributed by atoms with E-state index in [0.717, 1.165) is 37.7 Å². The first-order valence-corrected chi connectivity index (χ1v) is 6.24. The van der Waals surface area contributed by atoms with E-state index in [1.165, 1.54) is 0 Å². The van der Waals surface area contributed by atoms with E-state index in [1.54, 1.807) is 0 Å². The topological polar surface area (TPSA) is 29.5 Å². The minimum Gasteiger partial charge on any atom is -0.390 e. The van der Waals surface area contributed by atoms with Crippen LogP contribution in [0.25, 0.3) is 0 Å². The van der Waals surface area contributed by atoms with Crippen LogP contribution in [0.2, 0.25) is 0 Å². The molecule has 2 saturated carbocycles. The van der Waals surface area contributed by atoms with Gasteiger partial charge < -0.3 is 9.84 Å². The van der Waals surface area contributed by atoms with Crippen LogP contribution in [0.3, 0.4) is 0 Å². The van der Waals surface area contributed by atoms with Crippen molar-refractivity contribution in [3.05, 3.63) is 0 Å². The van der Waals surface area contributed by atoms with Crippen molar-refractivity contribution in [3.8, 4) is 0 Å². The summed E-state index contributed by atoms with van der Waals surface area (Å²) in [7, 11) is 0. The highest BCUT2D eigenvalue weighted by molar-refractivity contribution is 5.13. The van der Waals surface area contributed by atoms with Crippen molar-refractivity contribution in [2.24, 2.45) is 17.3 Å². The lowest BCUT2D eigenvalue weighted by Gasteiger charge is -2.38. The van der Waals surface area contributed by atoms with Gasteiger partial charge in [0.1, 0.15) is 0 Å². The summed E-state index contributed by atoms with van der Waals surface area (Å²) in [5.41, 5.74) is 0.152. The Morgan fingerprint density at radius 1 is 1.27 bits per heavy atom. The van der Waals surface area contributed by atoms with Gasteiger partial charge in [-0.2, -0.15) is 0 Å². The molecule has 0 radical (unpaired) electrons. The minimum atomic E-state index is -0.287. The Bertz CT molecular complexity index is 249. The molecule has 2 rings (SSSR count). The van der Waals surface area contributed by atoms with Crippen LogP contribution in [0.15, 0.2) is 0 Å². The predicted molar refractivity (Wildman–Crippen MR) is 60.6 cm³/mol. The molecule has 0 aromatic carbocycles. The first-order chi connectivity index (χ1) is 6.92. The van der Waals surface area contributed by atoms with Gasteiger partial charge in [0.25, 0.3) is 0 Å². The van der Waals surface area contributed by atoms with Gasteiger partial charge in [0.15, 0.2) is 0 Å². The highest BCUT2D eigenvalue weighted by atomic mass is 16.5. The first-order valence-electron chi connectivity index (χ1n) is 6.24. The van der Waals surface area contributed by atoms with Crippen LogP contribution in [-0.4, -0.2) is 23.4 Å². The third kappa shape index (κ3) is 1.72. The van der Waals surface area contributed by atoms with Crippen LogP contribution in [0.1, 0.15) is 47.0 Å². The summed E-state index contributed by atoms with van der Waals surface area (Å²) in [6, 6.07) is 0. The molecule has 0 bridgehead atoms. The van der Waals surface area contributed by atoms with E-state index in [9.17, 15) is 5.11 Å². The van der Waals surface area contributed by atoms with Crippen molar-refractivity contribution in [3.63, 3.8) is 0 Å². The number of aliphatic hydroxyl groups excluding tert-OH is 1. The summed E-state index contributed by atoms with van der Waals surface area (Å²) in [6.07, 6.45) is 2.72. The molecule has 0 heterocycles.